The fourth-order valence-corrected chi connectivity index (χ4v) is 4.04. The molecule has 0 radical (unpaired) electrons. The number of carbonyl (C=O) groups excluding carboxylic acids is 1. The van der Waals surface area contributed by atoms with Gasteiger partial charge in [0.1, 0.15) is 17.2 Å². The summed E-state index contributed by atoms with van der Waals surface area (Å²) >= 11 is 5.90. The number of rotatable bonds is 5. The molecule has 0 bridgehead atoms. The Bertz CT molecular complexity index is 1240. The van der Waals surface area contributed by atoms with Crippen LogP contribution in [0, 0.1) is 12.3 Å². The topological polar surface area (TPSA) is 84.6 Å². The van der Waals surface area contributed by atoms with E-state index in [2.05, 4.69) is 15.0 Å². The van der Waals surface area contributed by atoms with Gasteiger partial charge in [-0.15, -0.1) is 0 Å². The van der Waals surface area contributed by atoms with Gasteiger partial charge in [0.25, 0.3) is 11.9 Å². The maximum atomic E-state index is 13.1. The SMILES string of the molecule is Cc1cc(C(=O)N2CCN(c3nc4nc(Cl)ccc4o3)CC2)cnc1OCC1(C(F)(F)F)CC1. The average molecular weight is 496 g/mol. The quantitative estimate of drug-likeness (QED) is 0.489. The second-order valence-electron chi connectivity index (χ2n) is 8.64. The number of anilines is 1. The predicted molar refractivity (Wildman–Crippen MR) is 117 cm³/mol. The highest BCUT2D eigenvalue weighted by Crippen LogP contribution is 2.57. The number of hydrogen-bond donors (Lipinski definition) is 0. The minimum atomic E-state index is -4.29. The lowest BCUT2D eigenvalue weighted by Gasteiger charge is -2.33. The third-order valence-corrected chi connectivity index (χ3v) is 6.47. The van der Waals surface area contributed by atoms with E-state index in [1.165, 1.54) is 6.20 Å². The van der Waals surface area contributed by atoms with Crippen LogP contribution in [0.2, 0.25) is 5.15 Å². The maximum Gasteiger partial charge on any atom is 0.397 e. The van der Waals surface area contributed by atoms with Crippen LogP contribution in [0.1, 0.15) is 28.8 Å². The number of piperazine rings is 1. The molecule has 5 rings (SSSR count). The van der Waals surface area contributed by atoms with E-state index in [1.807, 2.05) is 4.90 Å². The molecule has 1 aliphatic carbocycles. The van der Waals surface area contributed by atoms with Crippen LogP contribution in [0.25, 0.3) is 11.2 Å². The van der Waals surface area contributed by atoms with Crippen molar-refractivity contribution in [2.75, 3.05) is 37.7 Å². The van der Waals surface area contributed by atoms with Gasteiger partial charge in [-0.2, -0.15) is 18.2 Å². The van der Waals surface area contributed by atoms with Crippen molar-refractivity contribution in [2.45, 2.75) is 25.9 Å². The lowest BCUT2D eigenvalue weighted by atomic mass is 10.1. The first-order valence-corrected chi connectivity index (χ1v) is 11.2. The molecule has 0 aromatic carbocycles. The Morgan fingerprint density at radius 1 is 1.21 bits per heavy atom. The molecule has 0 atom stereocenters. The normalized spacial score (nSPS) is 17.8. The third-order valence-electron chi connectivity index (χ3n) is 6.26. The Morgan fingerprint density at radius 2 is 1.94 bits per heavy atom. The number of hydrogen-bond acceptors (Lipinski definition) is 7. The molecule has 1 amide bonds. The highest BCUT2D eigenvalue weighted by atomic mass is 35.5. The number of carbonyl (C=O) groups is 1. The zero-order chi connectivity index (χ0) is 24.1. The first-order chi connectivity index (χ1) is 16.1. The first-order valence-electron chi connectivity index (χ1n) is 10.8. The molecule has 3 aromatic rings. The second kappa shape index (κ2) is 8.30. The van der Waals surface area contributed by atoms with Crippen LogP contribution in [0.4, 0.5) is 19.2 Å². The molecule has 8 nitrogen and oxygen atoms in total. The molecule has 34 heavy (non-hydrogen) atoms. The highest BCUT2D eigenvalue weighted by Gasteiger charge is 2.64. The highest BCUT2D eigenvalue weighted by molar-refractivity contribution is 6.29. The molecular formula is C22H21ClF3N5O3. The number of aromatic nitrogens is 3. The van der Waals surface area contributed by atoms with Gasteiger partial charge in [0.05, 0.1) is 5.56 Å². The van der Waals surface area contributed by atoms with Crippen molar-refractivity contribution in [1.29, 1.82) is 0 Å². The van der Waals surface area contributed by atoms with E-state index in [9.17, 15) is 18.0 Å². The fourth-order valence-electron chi connectivity index (χ4n) is 3.90. The average Bonchev–Trinajstić information content (AvgIpc) is 3.50. The fraction of sp³-hybridized carbons (Fsp3) is 0.455. The van der Waals surface area contributed by atoms with Gasteiger partial charge in [0, 0.05) is 37.9 Å². The zero-order valence-corrected chi connectivity index (χ0v) is 19.0. The Kier molecular flexibility index (Phi) is 5.54. The van der Waals surface area contributed by atoms with Crippen LogP contribution < -0.4 is 9.64 Å². The van der Waals surface area contributed by atoms with Gasteiger partial charge in [0.15, 0.2) is 5.58 Å². The minimum absolute atomic E-state index is 0.0614. The zero-order valence-electron chi connectivity index (χ0n) is 18.2. The first kappa shape index (κ1) is 22.7. The molecular weight excluding hydrogens is 475 g/mol. The Balaban J connectivity index is 1.20. The van der Waals surface area contributed by atoms with Crippen molar-refractivity contribution in [3.05, 3.63) is 40.7 Å². The van der Waals surface area contributed by atoms with E-state index >= 15 is 0 Å². The van der Waals surface area contributed by atoms with Crippen LogP contribution in [-0.2, 0) is 0 Å². The number of amides is 1. The van der Waals surface area contributed by atoms with Gasteiger partial charge < -0.3 is 19.0 Å². The van der Waals surface area contributed by atoms with Crippen molar-refractivity contribution in [3.63, 3.8) is 0 Å². The summed E-state index contributed by atoms with van der Waals surface area (Å²) in [7, 11) is 0. The molecule has 3 aromatic heterocycles. The lowest BCUT2D eigenvalue weighted by Crippen LogP contribution is -2.49. The number of ether oxygens (including phenoxy) is 1. The van der Waals surface area contributed by atoms with Crippen molar-refractivity contribution in [1.82, 2.24) is 19.9 Å². The van der Waals surface area contributed by atoms with E-state index in [0.29, 0.717) is 59.7 Å². The van der Waals surface area contributed by atoms with Crippen molar-refractivity contribution in [3.8, 4) is 5.88 Å². The Labute approximate surface area is 197 Å². The largest absolute Gasteiger partial charge is 0.477 e. The summed E-state index contributed by atoms with van der Waals surface area (Å²) in [4.78, 5) is 29.2. The van der Waals surface area contributed by atoms with Crippen molar-refractivity contribution >= 4 is 34.8 Å². The van der Waals surface area contributed by atoms with Crippen LogP contribution in [0.15, 0.2) is 28.8 Å². The Morgan fingerprint density at radius 3 is 2.59 bits per heavy atom. The summed E-state index contributed by atoms with van der Waals surface area (Å²) in [6, 6.07) is 5.35. The summed E-state index contributed by atoms with van der Waals surface area (Å²) in [5, 5.41) is 0.329. The standard InChI is InChI=1S/C22H21ClF3N5O3/c1-13-10-14(11-27-18(13)33-12-21(4-5-21)22(24,25)26)19(32)30-6-8-31(9-7-30)20-29-17-15(34-20)2-3-16(23)28-17/h2-3,10-11H,4-9,12H2,1H3. The van der Waals surface area contributed by atoms with Crippen LogP contribution in [0.5, 0.6) is 5.88 Å². The molecule has 0 N–H and O–H groups in total. The van der Waals surface area contributed by atoms with E-state index in [0.717, 1.165) is 0 Å². The number of alkyl halides is 3. The van der Waals surface area contributed by atoms with Gasteiger partial charge in [0.2, 0.25) is 11.5 Å². The van der Waals surface area contributed by atoms with Gasteiger partial charge in [-0.3, -0.25) is 4.79 Å². The van der Waals surface area contributed by atoms with E-state index in [4.69, 9.17) is 20.8 Å². The van der Waals surface area contributed by atoms with E-state index in [-0.39, 0.29) is 24.6 Å². The van der Waals surface area contributed by atoms with Crippen LogP contribution in [0.3, 0.4) is 0 Å². The number of fused-ring (bicyclic) bond motifs is 1. The number of halogens is 4. The summed E-state index contributed by atoms with van der Waals surface area (Å²) < 4.78 is 50.4. The molecule has 4 heterocycles. The molecule has 1 saturated heterocycles. The summed E-state index contributed by atoms with van der Waals surface area (Å²) in [5.74, 6) is -0.0941. The summed E-state index contributed by atoms with van der Waals surface area (Å²) in [5.41, 5.74) is 0.0557. The molecule has 0 spiro atoms. The molecule has 12 heteroatoms. The Hall–Kier alpha value is -3.08. The van der Waals surface area contributed by atoms with Crippen LogP contribution >= 0.6 is 11.6 Å². The summed E-state index contributed by atoms with van der Waals surface area (Å²) in [6.45, 7) is 3.11. The van der Waals surface area contributed by atoms with Crippen molar-refractivity contribution < 1.29 is 27.1 Å². The molecule has 1 aliphatic heterocycles. The molecule has 180 valence electrons. The number of oxazole rings is 1. The maximum absolute atomic E-state index is 13.1. The van der Waals surface area contributed by atoms with Gasteiger partial charge in [-0.25, -0.2) is 9.97 Å². The smallest absolute Gasteiger partial charge is 0.397 e. The van der Waals surface area contributed by atoms with E-state index < -0.39 is 18.2 Å². The molecule has 2 aliphatic rings. The monoisotopic (exact) mass is 495 g/mol. The molecule has 1 saturated carbocycles. The second-order valence-corrected chi connectivity index (χ2v) is 9.03. The van der Waals surface area contributed by atoms with Crippen LogP contribution in [-0.4, -0.2) is 64.7 Å². The predicted octanol–water partition coefficient (Wildman–Crippen LogP) is 4.26. The third kappa shape index (κ3) is 4.24. The molecule has 2 fully saturated rings. The minimum Gasteiger partial charge on any atom is -0.477 e. The van der Waals surface area contributed by atoms with E-state index in [1.54, 1.807) is 30.0 Å². The van der Waals surface area contributed by atoms with Crippen molar-refractivity contribution in [2.24, 2.45) is 5.41 Å². The lowest BCUT2D eigenvalue weighted by molar-refractivity contribution is -0.194. The number of aryl methyl sites for hydroxylation is 1. The van der Waals surface area contributed by atoms with Gasteiger partial charge in [-0.05, 0) is 38.0 Å². The number of nitrogens with zero attached hydrogens (tertiary/aromatic N) is 5. The number of pyridine rings is 2. The van der Waals surface area contributed by atoms with Gasteiger partial charge >= 0.3 is 6.18 Å². The summed E-state index contributed by atoms with van der Waals surface area (Å²) in [6.07, 6.45) is -2.82. The molecule has 0 unspecified atom stereocenters. The van der Waals surface area contributed by atoms with Gasteiger partial charge in [-0.1, -0.05) is 11.6 Å².